The first-order valence-corrected chi connectivity index (χ1v) is 5.66. The lowest BCUT2D eigenvalue weighted by atomic mass is 10.0. The second kappa shape index (κ2) is 6.21. The van der Waals surface area contributed by atoms with Crippen LogP contribution >= 0.6 is 11.6 Å². The summed E-state index contributed by atoms with van der Waals surface area (Å²) in [6.07, 6.45) is 0. The SMILES string of the molecule is CC(C)[C@H](NCC(=O)Cl)C(=O)OC(C)(C)C. The van der Waals surface area contributed by atoms with Crippen LogP contribution in [0.15, 0.2) is 0 Å². The third-order valence-corrected chi connectivity index (χ3v) is 1.92. The molecule has 0 heterocycles. The number of halogens is 1. The first kappa shape index (κ1) is 15.4. The molecule has 0 radical (unpaired) electrons. The van der Waals surface area contributed by atoms with Gasteiger partial charge in [0.05, 0.1) is 6.54 Å². The summed E-state index contributed by atoms with van der Waals surface area (Å²) in [5.74, 6) is -0.328. The smallest absolute Gasteiger partial charge is 0.323 e. The zero-order valence-corrected chi connectivity index (χ0v) is 11.2. The molecule has 0 aromatic rings. The molecule has 0 fully saturated rings. The van der Waals surface area contributed by atoms with Crippen molar-refractivity contribution in [3.8, 4) is 0 Å². The van der Waals surface area contributed by atoms with Gasteiger partial charge in [-0.15, -0.1) is 0 Å². The Labute approximate surface area is 102 Å². The van der Waals surface area contributed by atoms with E-state index in [9.17, 15) is 9.59 Å². The van der Waals surface area contributed by atoms with Gasteiger partial charge in [-0.1, -0.05) is 13.8 Å². The molecule has 0 spiro atoms. The minimum atomic E-state index is -0.531. The molecule has 5 heteroatoms. The van der Waals surface area contributed by atoms with E-state index >= 15 is 0 Å². The van der Waals surface area contributed by atoms with E-state index in [1.165, 1.54) is 0 Å². The second-order valence-electron chi connectivity index (χ2n) is 4.99. The highest BCUT2D eigenvalue weighted by atomic mass is 35.5. The van der Waals surface area contributed by atoms with Gasteiger partial charge in [-0.2, -0.15) is 0 Å². The van der Waals surface area contributed by atoms with E-state index in [1.807, 2.05) is 13.8 Å². The van der Waals surface area contributed by atoms with Crippen molar-refractivity contribution in [3.63, 3.8) is 0 Å². The summed E-state index contributed by atoms with van der Waals surface area (Å²) in [7, 11) is 0. The van der Waals surface area contributed by atoms with Crippen LogP contribution in [0.3, 0.4) is 0 Å². The van der Waals surface area contributed by atoms with Gasteiger partial charge in [0.1, 0.15) is 11.6 Å². The third kappa shape index (κ3) is 6.80. The molecule has 0 aliphatic heterocycles. The van der Waals surface area contributed by atoms with Gasteiger partial charge in [-0.3, -0.25) is 14.9 Å². The van der Waals surface area contributed by atoms with Crippen LogP contribution in [0.4, 0.5) is 0 Å². The number of ether oxygens (including phenoxy) is 1. The van der Waals surface area contributed by atoms with Crippen molar-refractivity contribution in [2.75, 3.05) is 6.54 Å². The zero-order chi connectivity index (χ0) is 12.9. The van der Waals surface area contributed by atoms with Crippen molar-refractivity contribution in [2.24, 2.45) is 5.92 Å². The summed E-state index contributed by atoms with van der Waals surface area (Å²) in [5.41, 5.74) is -0.531. The molecule has 0 bridgehead atoms. The summed E-state index contributed by atoms with van der Waals surface area (Å²) in [6, 6.07) is -0.512. The molecule has 0 saturated carbocycles. The predicted molar refractivity (Wildman–Crippen MR) is 63.3 cm³/mol. The van der Waals surface area contributed by atoms with E-state index in [4.69, 9.17) is 16.3 Å². The molecule has 0 aromatic carbocycles. The van der Waals surface area contributed by atoms with Gasteiger partial charge in [0, 0.05) is 0 Å². The number of nitrogens with one attached hydrogen (secondary N) is 1. The van der Waals surface area contributed by atoms with Crippen LogP contribution in [-0.2, 0) is 14.3 Å². The Morgan fingerprint density at radius 3 is 2.12 bits per heavy atom. The predicted octanol–water partition coefficient (Wildman–Crippen LogP) is 1.71. The van der Waals surface area contributed by atoms with Gasteiger partial charge < -0.3 is 4.74 Å². The largest absolute Gasteiger partial charge is 0.459 e. The lowest BCUT2D eigenvalue weighted by Crippen LogP contribution is -2.45. The van der Waals surface area contributed by atoms with E-state index in [0.717, 1.165) is 0 Å². The molecule has 0 aliphatic carbocycles. The Hall–Kier alpha value is -0.610. The van der Waals surface area contributed by atoms with Gasteiger partial charge in [0.15, 0.2) is 0 Å². The summed E-state index contributed by atoms with van der Waals surface area (Å²) in [4.78, 5) is 22.4. The maximum Gasteiger partial charge on any atom is 0.323 e. The lowest BCUT2D eigenvalue weighted by molar-refractivity contribution is -0.158. The number of esters is 1. The van der Waals surface area contributed by atoms with Gasteiger partial charge in [0.25, 0.3) is 0 Å². The van der Waals surface area contributed by atoms with Gasteiger partial charge >= 0.3 is 5.97 Å². The fourth-order valence-electron chi connectivity index (χ4n) is 1.15. The maximum atomic E-state index is 11.8. The normalized spacial score (nSPS) is 13.7. The minimum Gasteiger partial charge on any atom is -0.459 e. The first-order valence-electron chi connectivity index (χ1n) is 5.28. The van der Waals surface area contributed by atoms with Crippen molar-refractivity contribution in [3.05, 3.63) is 0 Å². The average molecular weight is 250 g/mol. The lowest BCUT2D eigenvalue weighted by Gasteiger charge is -2.26. The Balaban J connectivity index is 4.42. The van der Waals surface area contributed by atoms with Crippen molar-refractivity contribution >= 4 is 22.8 Å². The Bertz CT molecular complexity index is 258. The molecule has 0 rings (SSSR count). The van der Waals surface area contributed by atoms with E-state index < -0.39 is 16.9 Å². The first-order chi connectivity index (χ1) is 7.13. The van der Waals surface area contributed by atoms with E-state index in [0.29, 0.717) is 0 Å². The highest BCUT2D eigenvalue weighted by molar-refractivity contribution is 6.64. The summed E-state index contributed by atoms with van der Waals surface area (Å²) < 4.78 is 5.24. The molecule has 16 heavy (non-hydrogen) atoms. The summed E-state index contributed by atoms with van der Waals surface area (Å²) in [5, 5.41) is 2.27. The van der Waals surface area contributed by atoms with E-state index in [-0.39, 0.29) is 18.4 Å². The van der Waals surface area contributed by atoms with Crippen LogP contribution in [0.2, 0.25) is 0 Å². The van der Waals surface area contributed by atoms with Crippen LogP contribution in [0.5, 0.6) is 0 Å². The molecule has 0 unspecified atom stereocenters. The quantitative estimate of drug-likeness (QED) is 0.595. The standard InChI is InChI=1S/C11H20ClNO3/c1-7(2)9(13-6-8(12)14)10(15)16-11(3,4)5/h7,9,13H,6H2,1-5H3/t9-/m0/s1. The van der Waals surface area contributed by atoms with Crippen molar-refractivity contribution in [1.82, 2.24) is 5.32 Å². The molecule has 0 aromatic heterocycles. The van der Waals surface area contributed by atoms with Crippen LogP contribution in [-0.4, -0.2) is 29.4 Å². The average Bonchev–Trinajstić information content (AvgIpc) is 1.98. The number of hydrogen-bond donors (Lipinski definition) is 1. The maximum absolute atomic E-state index is 11.8. The van der Waals surface area contributed by atoms with Crippen LogP contribution in [0.25, 0.3) is 0 Å². The Morgan fingerprint density at radius 2 is 1.81 bits per heavy atom. The van der Waals surface area contributed by atoms with Gasteiger partial charge in [0.2, 0.25) is 5.24 Å². The topological polar surface area (TPSA) is 55.4 Å². The van der Waals surface area contributed by atoms with Crippen molar-refractivity contribution < 1.29 is 14.3 Å². The summed E-state index contributed by atoms with van der Waals surface area (Å²) in [6.45, 7) is 9.11. The highest BCUT2D eigenvalue weighted by Gasteiger charge is 2.27. The third-order valence-electron chi connectivity index (χ3n) is 1.79. The van der Waals surface area contributed by atoms with Crippen LogP contribution < -0.4 is 5.32 Å². The minimum absolute atomic E-state index is 0.0332. The van der Waals surface area contributed by atoms with Crippen molar-refractivity contribution in [1.29, 1.82) is 0 Å². The van der Waals surface area contributed by atoms with Gasteiger partial charge in [-0.25, -0.2) is 0 Å². The molecule has 0 amide bonds. The second-order valence-corrected chi connectivity index (χ2v) is 5.41. The number of hydrogen-bond acceptors (Lipinski definition) is 4. The number of rotatable bonds is 5. The monoisotopic (exact) mass is 249 g/mol. The fourth-order valence-corrected chi connectivity index (χ4v) is 1.22. The zero-order valence-electron chi connectivity index (χ0n) is 10.5. The summed E-state index contributed by atoms with van der Waals surface area (Å²) >= 11 is 5.21. The molecule has 4 nitrogen and oxygen atoms in total. The van der Waals surface area contributed by atoms with Crippen molar-refractivity contribution in [2.45, 2.75) is 46.3 Å². The van der Waals surface area contributed by atoms with Gasteiger partial charge in [-0.05, 0) is 38.3 Å². The Kier molecular flexibility index (Phi) is 5.97. The Morgan fingerprint density at radius 1 is 1.31 bits per heavy atom. The molecular formula is C11H20ClNO3. The number of carbonyl (C=O) groups is 2. The fraction of sp³-hybridized carbons (Fsp3) is 0.818. The molecule has 0 saturated heterocycles. The van der Waals surface area contributed by atoms with E-state index in [1.54, 1.807) is 20.8 Å². The molecule has 1 N–H and O–H groups in total. The van der Waals surface area contributed by atoms with E-state index in [2.05, 4.69) is 5.32 Å². The molecule has 1 atom stereocenters. The molecule has 0 aliphatic rings. The molecule has 94 valence electrons. The van der Waals surface area contributed by atoms with Crippen LogP contribution in [0, 0.1) is 5.92 Å². The molecular weight excluding hydrogens is 230 g/mol. The number of carbonyl (C=O) groups excluding carboxylic acids is 2. The highest BCUT2D eigenvalue weighted by Crippen LogP contribution is 2.12. The van der Waals surface area contributed by atoms with Crippen LogP contribution in [0.1, 0.15) is 34.6 Å².